The second kappa shape index (κ2) is 35.7. The SMILES string of the molecule is COc1c2cc(C(C)(C)C)cc1Cc1cc(C(C)(C)C)cc(c1OCP(c1ccccc1)c1ccccc1)Cc1cc(C(C)(C)C)cc(c1OC)Cc1cc(C(C)(C)C)cc(c1OCP(c1ccccc1)c1ccccc1)Cc1cc(C(C)(C)C)cc(c1OC)Cc1cc(C(C)(C)C)cc(c1OCP(c1ccccc1)c1ccccc1)C2. The molecule has 0 amide bonds. The molecular weight excluding hydrogens is 1490 g/mol. The van der Waals surface area contributed by atoms with E-state index in [0.29, 0.717) is 57.6 Å². The molecule has 12 aromatic carbocycles. The molecule has 12 bridgehead atoms. The molecule has 0 aliphatic heterocycles. The van der Waals surface area contributed by atoms with Gasteiger partial charge in [-0.1, -0.05) is 379 Å². The molecule has 606 valence electrons. The number of hydrogen-bond donors (Lipinski definition) is 0. The summed E-state index contributed by atoms with van der Waals surface area (Å²) >= 11 is 0. The molecule has 0 heterocycles. The molecule has 117 heavy (non-hydrogen) atoms. The van der Waals surface area contributed by atoms with Crippen molar-refractivity contribution < 1.29 is 28.4 Å². The number of fused-ring (bicyclic) bond motifs is 12. The van der Waals surface area contributed by atoms with Crippen molar-refractivity contribution in [3.63, 3.8) is 0 Å². The Hall–Kier alpha value is -9.27. The van der Waals surface area contributed by atoms with Crippen LogP contribution in [0.3, 0.4) is 0 Å². The van der Waals surface area contributed by atoms with Crippen LogP contribution in [0.2, 0.25) is 0 Å². The molecule has 12 aromatic rings. The van der Waals surface area contributed by atoms with Crippen molar-refractivity contribution in [3.05, 3.63) is 355 Å². The predicted molar refractivity (Wildman–Crippen MR) is 501 cm³/mol. The first-order valence-electron chi connectivity index (χ1n) is 41.7. The molecule has 13 rings (SSSR count). The smallest absolute Gasteiger partial charge is 0.126 e. The molecule has 9 heteroatoms. The summed E-state index contributed by atoms with van der Waals surface area (Å²) in [7, 11) is 2.61. The van der Waals surface area contributed by atoms with Crippen LogP contribution in [-0.4, -0.2) is 40.4 Å². The lowest BCUT2D eigenvalue weighted by Crippen LogP contribution is -2.19. The van der Waals surface area contributed by atoms with E-state index in [-0.39, 0.29) is 32.5 Å². The third-order valence-electron chi connectivity index (χ3n) is 23.0. The molecule has 0 saturated carbocycles. The van der Waals surface area contributed by atoms with Gasteiger partial charge in [0.25, 0.3) is 0 Å². The Kier molecular flexibility index (Phi) is 26.1. The predicted octanol–water partition coefficient (Wildman–Crippen LogP) is 24.8. The molecule has 0 atom stereocenters. The number of methoxy groups -OCH3 is 3. The van der Waals surface area contributed by atoms with Crippen LogP contribution < -0.4 is 60.2 Å². The van der Waals surface area contributed by atoms with Gasteiger partial charge in [0.05, 0.1) is 21.3 Å². The van der Waals surface area contributed by atoms with Crippen LogP contribution in [0.1, 0.15) is 225 Å². The second-order valence-electron chi connectivity index (χ2n) is 38.0. The van der Waals surface area contributed by atoms with Crippen LogP contribution in [0.25, 0.3) is 0 Å². The normalized spacial score (nSPS) is 13.1. The fourth-order valence-corrected chi connectivity index (χ4v) is 22.0. The van der Waals surface area contributed by atoms with E-state index >= 15 is 0 Å². The molecule has 1 aliphatic carbocycles. The minimum absolute atomic E-state index is 0.260. The van der Waals surface area contributed by atoms with Gasteiger partial charge in [-0.2, -0.15) is 0 Å². The van der Waals surface area contributed by atoms with Gasteiger partial charge in [-0.25, -0.2) is 0 Å². The Morgan fingerprint density at radius 3 is 0.444 bits per heavy atom. The Morgan fingerprint density at radius 1 is 0.197 bits per heavy atom. The van der Waals surface area contributed by atoms with Gasteiger partial charge in [0.15, 0.2) is 0 Å². The highest BCUT2D eigenvalue weighted by Gasteiger charge is 2.33. The van der Waals surface area contributed by atoms with E-state index in [0.717, 1.165) is 101 Å². The third-order valence-corrected chi connectivity index (χ3v) is 29.7. The van der Waals surface area contributed by atoms with E-state index in [1.54, 1.807) is 0 Å². The van der Waals surface area contributed by atoms with Gasteiger partial charge >= 0.3 is 0 Å². The molecule has 0 spiro atoms. The standard InChI is InChI=1S/C108H123O6P3/c1-103(2,3)85-58-73-52-79-64-88(106(10,11)12)66-81(100(79)112-70-115(91-40-28-22-29-41-91)92-42-30-23-31-43-92)54-75-60-86(104(4,5)6)62-77(98(75)110-20)56-83-68-90(108(16,17)18)69-84(102(83)114-72-117(95-48-36-26-37-49-95)96-50-38-27-39-51-96)57-78-63-87(105(7,8)9)61-76(99(78)111-21)55-82-67-89(107(13,14)15)65-80(53-74(59-85)97(73)109-19)101(82)113-71-116(93-44-32-24-33-45-93)94-46-34-25-35-47-94/h22-51,58-69H,52-57,70-72H2,1-21H3. The summed E-state index contributed by atoms with van der Waals surface area (Å²) in [5, 5.41) is 7.54. The molecule has 0 fully saturated rings. The summed E-state index contributed by atoms with van der Waals surface area (Å²) in [5.74, 6) is 5.24. The van der Waals surface area contributed by atoms with Gasteiger partial charge in [0.1, 0.15) is 53.5 Å². The van der Waals surface area contributed by atoms with Crippen LogP contribution in [-0.2, 0) is 71.0 Å². The van der Waals surface area contributed by atoms with Gasteiger partial charge < -0.3 is 28.4 Å². The minimum Gasteiger partial charge on any atom is -0.496 e. The summed E-state index contributed by atoms with van der Waals surface area (Å²) in [5.41, 5.74) is 18.9. The lowest BCUT2D eigenvalue weighted by atomic mass is 9.79. The van der Waals surface area contributed by atoms with Gasteiger partial charge in [-0.15, -0.1) is 0 Å². The highest BCUT2D eigenvalue weighted by Crippen LogP contribution is 2.49. The summed E-state index contributed by atoms with van der Waals surface area (Å²) in [6, 6.07) is 95.2. The maximum atomic E-state index is 7.92. The van der Waals surface area contributed by atoms with Crippen molar-refractivity contribution >= 4 is 55.6 Å². The fourth-order valence-electron chi connectivity index (χ4n) is 16.2. The molecular formula is C108H123O6P3. The molecule has 0 N–H and O–H groups in total. The van der Waals surface area contributed by atoms with E-state index in [9.17, 15) is 0 Å². The van der Waals surface area contributed by atoms with E-state index < -0.39 is 23.8 Å². The minimum atomic E-state index is -1.00. The number of hydrogen-bond acceptors (Lipinski definition) is 6. The Morgan fingerprint density at radius 2 is 0.325 bits per heavy atom. The second-order valence-corrected chi connectivity index (χ2v) is 44.5. The summed E-state index contributed by atoms with van der Waals surface area (Å²) in [4.78, 5) is 0. The lowest BCUT2D eigenvalue weighted by Gasteiger charge is -2.29. The monoisotopic (exact) mass is 1610 g/mol. The molecule has 0 radical (unpaired) electrons. The first-order valence-corrected chi connectivity index (χ1v) is 46.3. The molecule has 0 unspecified atom stereocenters. The van der Waals surface area contributed by atoms with Crippen LogP contribution in [0.4, 0.5) is 0 Å². The highest BCUT2D eigenvalue weighted by atomic mass is 31.1. The number of ether oxygens (including phenoxy) is 6. The van der Waals surface area contributed by atoms with Gasteiger partial charge in [0.2, 0.25) is 0 Å². The van der Waals surface area contributed by atoms with Crippen LogP contribution in [0.5, 0.6) is 34.5 Å². The Labute approximate surface area is 704 Å². The molecule has 1 aliphatic rings. The topological polar surface area (TPSA) is 55.4 Å². The average molecular weight is 1610 g/mol. The zero-order valence-electron chi connectivity index (χ0n) is 73.4. The van der Waals surface area contributed by atoms with Gasteiger partial charge in [-0.05, 0) is 188 Å². The van der Waals surface area contributed by atoms with Gasteiger partial charge in [0, 0.05) is 38.5 Å². The van der Waals surface area contributed by atoms with Crippen LogP contribution in [0, 0.1) is 0 Å². The van der Waals surface area contributed by atoms with Crippen molar-refractivity contribution in [3.8, 4) is 34.5 Å². The maximum absolute atomic E-state index is 7.92. The quantitative estimate of drug-likeness (QED) is 0.0798. The summed E-state index contributed by atoms with van der Waals surface area (Å²) in [6.45, 7) is 42.2. The van der Waals surface area contributed by atoms with E-state index in [4.69, 9.17) is 28.4 Å². The fraction of sp³-hybridized carbons (Fsp3) is 0.333. The zero-order chi connectivity index (χ0) is 83.4. The van der Waals surface area contributed by atoms with Crippen LogP contribution in [0.15, 0.2) is 255 Å². The number of rotatable bonds is 18. The number of benzene rings is 12. The Bertz CT molecular complexity index is 4600. The first-order chi connectivity index (χ1) is 55.6. The van der Waals surface area contributed by atoms with Gasteiger partial charge in [-0.3, -0.25) is 0 Å². The van der Waals surface area contributed by atoms with Crippen molar-refractivity contribution in [1.29, 1.82) is 0 Å². The van der Waals surface area contributed by atoms with E-state index in [1.807, 2.05) is 21.3 Å². The largest absolute Gasteiger partial charge is 0.496 e. The average Bonchev–Trinajstić information content (AvgIpc) is 0.766. The van der Waals surface area contributed by atoms with E-state index in [1.165, 1.54) is 65.2 Å². The van der Waals surface area contributed by atoms with Crippen LogP contribution >= 0.6 is 23.8 Å². The highest BCUT2D eigenvalue weighted by molar-refractivity contribution is 7.73. The maximum Gasteiger partial charge on any atom is 0.126 e. The van der Waals surface area contributed by atoms with Crippen molar-refractivity contribution in [2.24, 2.45) is 0 Å². The molecule has 0 saturated heterocycles. The summed E-state index contributed by atoms with van der Waals surface area (Å²) < 4.78 is 45.0. The van der Waals surface area contributed by atoms with Crippen molar-refractivity contribution in [2.75, 3.05) is 40.4 Å². The van der Waals surface area contributed by atoms with Crippen molar-refractivity contribution in [1.82, 2.24) is 0 Å². The first kappa shape index (κ1) is 85.6. The third kappa shape index (κ3) is 20.4. The van der Waals surface area contributed by atoms with Crippen molar-refractivity contribution in [2.45, 2.75) is 196 Å². The zero-order valence-corrected chi connectivity index (χ0v) is 76.1. The molecule has 6 nitrogen and oxygen atoms in total. The van der Waals surface area contributed by atoms with E-state index in [2.05, 4.69) is 379 Å². The Balaban J connectivity index is 1.14. The molecule has 0 aromatic heterocycles. The lowest BCUT2D eigenvalue weighted by molar-refractivity contribution is 0.378. The summed E-state index contributed by atoms with van der Waals surface area (Å²) in [6.07, 6.45) is 4.53.